The van der Waals surface area contributed by atoms with Gasteiger partial charge in [0.25, 0.3) is 0 Å². The molecular weight excluding hydrogens is 301 g/mol. The Bertz CT molecular complexity index is 428. The molecular formula is C14H21F3N2O3. The number of hydrogen-bond acceptors (Lipinski definition) is 3. The number of fused-ring (bicyclic) bond motifs is 1. The maximum Gasteiger partial charge on any atom is 0.422 e. The van der Waals surface area contributed by atoms with Crippen LogP contribution < -0.4 is 5.32 Å². The lowest BCUT2D eigenvalue weighted by Crippen LogP contribution is -2.47. The zero-order valence-electron chi connectivity index (χ0n) is 12.5. The lowest BCUT2D eigenvalue weighted by molar-refractivity contribution is -0.160. The number of ether oxygens (including phenoxy) is 1. The Labute approximate surface area is 127 Å². The van der Waals surface area contributed by atoms with Gasteiger partial charge in [0.15, 0.2) is 6.61 Å². The van der Waals surface area contributed by atoms with Crippen LogP contribution in [0.4, 0.5) is 18.0 Å². The van der Waals surface area contributed by atoms with Gasteiger partial charge in [0.1, 0.15) is 6.54 Å². The number of alkyl halides is 3. The van der Waals surface area contributed by atoms with Crippen LogP contribution in [0.15, 0.2) is 0 Å². The highest BCUT2D eigenvalue weighted by Gasteiger charge is 2.42. The third kappa shape index (κ3) is 4.27. The Balaban J connectivity index is 1.80. The minimum Gasteiger partial charge on any atom is -0.440 e. The Morgan fingerprint density at radius 2 is 1.95 bits per heavy atom. The first-order valence-corrected chi connectivity index (χ1v) is 7.56. The monoisotopic (exact) mass is 322 g/mol. The molecule has 2 aliphatic rings. The average Bonchev–Trinajstić information content (AvgIpc) is 2.77. The Kier molecular flexibility index (Phi) is 5.18. The van der Waals surface area contributed by atoms with Crippen LogP contribution in [0.25, 0.3) is 0 Å². The molecule has 3 atom stereocenters. The zero-order chi connectivity index (χ0) is 16.3. The van der Waals surface area contributed by atoms with Gasteiger partial charge in [0.2, 0.25) is 5.91 Å². The van der Waals surface area contributed by atoms with Gasteiger partial charge in [0, 0.05) is 12.1 Å². The molecule has 22 heavy (non-hydrogen) atoms. The lowest BCUT2D eigenvalue weighted by atomic mass is 9.85. The fourth-order valence-corrected chi connectivity index (χ4v) is 3.58. The molecule has 1 saturated carbocycles. The van der Waals surface area contributed by atoms with Crippen molar-refractivity contribution in [2.45, 2.75) is 57.3 Å². The molecule has 0 spiro atoms. The molecule has 1 aliphatic carbocycles. The van der Waals surface area contributed by atoms with E-state index in [9.17, 15) is 22.8 Å². The summed E-state index contributed by atoms with van der Waals surface area (Å²) in [6.45, 7) is -0.0136. The number of halogens is 3. The highest BCUT2D eigenvalue weighted by Crippen LogP contribution is 2.39. The molecule has 2 fully saturated rings. The van der Waals surface area contributed by atoms with Crippen LogP contribution in [-0.4, -0.2) is 48.3 Å². The zero-order valence-corrected chi connectivity index (χ0v) is 12.5. The summed E-state index contributed by atoms with van der Waals surface area (Å²) in [4.78, 5) is 25.2. The number of carbonyl (C=O) groups excluding carboxylic acids is 2. The van der Waals surface area contributed by atoms with Crippen molar-refractivity contribution < 1.29 is 27.5 Å². The van der Waals surface area contributed by atoms with Crippen LogP contribution in [0.3, 0.4) is 0 Å². The molecule has 1 saturated heterocycles. The van der Waals surface area contributed by atoms with Crippen molar-refractivity contribution in [3.8, 4) is 0 Å². The predicted molar refractivity (Wildman–Crippen MR) is 72.1 cm³/mol. The maximum absolute atomic E-state index is 12.2. The van der Waals surface area contributed by atoms with E-state index in [2.05, 4.69) is 10.1 Å². The van der Waals surface area contributed by atoms with E-state index < -0.39 is 18.9 Å². The highest BCUT2D eigenvalue weighted by molar-refractivity contribution is 5.83. The van der Waals surface area contributed by atoms with E-state index in [0.717, 1.165) is 25.7 Å². The average molecular weight is 322 g/mol. The quantitative estimate of drug-likeness (QED) is 0.868. The van der Waals surface area contributed by atoms with Crippen LogP contribution in [0, 0.1) is 5.92 Å². The number of alkyl carbamates (subject to hydrolysis) is 1. The Morgan fingerprint density at radius 3 is 2.64 bits per heavy atom. The van der Waals surface area contributed by atoms with Crippen LogP contribution in [-0.2, 0) is 9.53 Å². The highest BCUT2D eigenvalue weighted by atomic mass is 19.4. The van der Waals surface area contributed by atoms with E-state index in [4.69, 9.17) is 0 Å². The minimum absolute atomic E-state index is 0.105. The van der Waals surface area contributed by atoms with Crippen molar-refractivity contribution >= 4 is 12.0 Å². The third-order valence-electron chi connectivity index (χ3n) is 4.38. The molecule has 2 amide bonds. The van der Waals surface area contributed by atoms with Gasteiger partial charge in [-0.25, -0.2) is 4.79 Å². The minimum atomic E-state index is -4.57. The molecule has 8 heteroatoms. The molecule has 0 radical (unpaired) electrons. The molecule has 3 unspecified atom stereocenters. The van der Waals surface area contributed by atoms with Crippen molar-refractivity contribution in [3.63, 3.8) is 0 Å². The summed E-state index contributed by atoms with van der Waals surface area (Å²) < 4.78 is 39.8. The van der Waals surface area contributed by atoms with E-state index in [1.807, 2.05) is 6.92 Å². The molecule has 126 valence electrons. The first-order valence-electron chi connectivity index (χ1n) is 7.56. The summed E-state index contributed by atoms with van der Waals surface area (Å²) in [5, 5.41) is 2.10. The first-order chi connectivity index (χ1) is 10.3. The summed E-state index contributed by atoms with van der Waals surface area (Å²) >= 11 is 0. The SMILES string of the molecule is CC1CC2CCCCC2N1C(=O)CNC(=O)OCC(F)(F)F. The third-order valence-corrected chi connectivity index (χ3v) is 4.38. The van der Waals surface area contributed by atoms with Crippen molar-refractivity contribution in [2.75, 3.05) is 13.2 Å². The van der Waals surface area contributed by atoms with Crippen LogP contribution in [0.2, 0.25) is 0 Å². The Morgan fingerprint density at radius 1 is 1.27 bits per heavy atom. The molecule has 2 rings (SSSR count). The van der Waals surface area contributed by atoms with Crippen LogP contribution in [0.1, 0.15) is 39.0 Å². The van der Waals surface area contributed by atoms with E-state index in [1.54, 1.807) is 4.90 Å². The summed E-state index contributed by atoms with van der Waals surface area (Å²) in [6.07, 6.45) is -0.511. The molecule has 1 N–H and O–H groups in total. The lowest BCUT2D eigenvalue weighted by Gasteiger charge is -2.33. The van der Waals surface area contributed by atoms with E-state index in [-0.39, 0.29) is 24.5 Å². The molecule has 1 aliphatic heterocycles. The molecule has 5 nitrogen and oxygen atoms in total. The normalized spacial score (nSPS) is 28.2. The molecule has 0 aromatic heterocycles. The second kappa shape index (κ2) is 6.75. The van der Waals surface area contributed by atoms with Crippen LogP contribution >= 0.6 is 0 Å². The smallest absolute Gasteiger partial charge is 0.422 e. The number of carbonyl (C=O) groups is 2. The summed E-state index contributed by atoms with van der Waals surface area (Å²) in [5.74, 6) is 0.246. The van der Waals surface area contributed by atoms with Gasteiger partial charge >= 0.3 is 12.3 Å². The van der Waals surface area contributed by atoms with E-state index in [0.29, 0.717) is 5.92 Å². The maximum atomic E-state index is 12.2. The van der Waals surface area contributed by atoms with Gasteiger partial charge in [0.05, 0.1) is 0 Å². The van der Waals surface area contributed by atoms with Gasteiger partial charge < -0.3 is 15.0 Å². The molecule has 0 aromatic rings. The van der Waals surface area contributed by atoms with Crippen LogP contribution in [0.5, 0.6) is 0 Å². The first kappa shape index (κ1) is 16.9. The van der Waals surface area contributed by atoms with Gasteiger partial charge in [-0.2, -0.15) is 13.2 Å². The van der Waals surface area contributed by atoms with E-state index >= 15 is 0 Å². The van der Waals surface area contributed by atoms with Gasteiger partial charge in [-0.1, -0.05) is 12.8 Å². The number of rotatable bonds is 3. The second-order valence-corrected chi connectivity index (χ2v) is 6.04. The van der Waals surface area contributed by atoms with Gasteiger partial charge in [-0.05, 0) is 32.1 Å². The Hall–Kier alpha value is -1.47. The summed E-state index contributed by atoms with van der Waals surface area (Å²) in [6, 6.07) is 0.304. The number of nitrogens with zero attached hydrogens (tertiary/aromatic N) is 1. The molecule has 0 aromatic carbocycles. The molecule has 1 heterocycles. The topological polar surface area (TPSA) is 58.6 Å². The second-order valence-electron chi connectivity index (χ2n) is 6.04. The van der Waals surface area contributed by atoms with Gasteiger partial charge in [-0.3, -0.25) is 4.79 Å². The number of amides is 2. The number of nitrogens with one attached hydrogen (secondary N) is 1. The van der Waals surface area contributed by atoms with E-state index in [1.165, 1.54) is 6.42 Å². The van der Waals surface area contributed by atoms with Crippen molar-refractivity contribution in [1.29, 1.82) is 0 Å². The van der Waals surface area contributed by atoms with Crippen molar-refractivity contribution in [1.82, 2.24) is 10.2 Å². The predicted octanol–water partition coefficient (Wildman–Crippen LogP) is 2.45. The summed E-state index contributed by atoms with van der Waals surface area (Å²) in [5.41, 5.74) is 0. The number of hydrogen-bond donors (Lipinski definition) is 1. The largest absolute Gasteiger partial charge is 0.440 e. The number of likely N-dealkylation sites (tertiary alicyclic amines) is 1. The fraction of sp³-hybridized carbons (Fsp3) is 0.857. The van der Waals surface area contributed by atoms with Crippen molar-refractivity contribution in [2.24, 2.45) is 5.92 Å². The summed E-state index contributed by atoms with van der Waals surface area (Å²) in [7, 11) is 0. The fourth-order valence-electron chi connectivity index (χ4n) is 3.58. The standard InChI is InChI=1S/C14H21F3N2O3/c1-9-6-10-4-2-3-5-11(10)19(9)12(20)7-18-13(21)22-8-14(15,16)17/h9-11H,2-8H2,1H3,(H,18,21). The van der Waals surface area contributed by atoms with Crippen molar-refractivity contribution in [3.05, 3.63) is 0 Å². The van der Waals surface area contributed by atoms with Gasteiger partial charge in [-0.15, -0.1) is 0 Å². The molecule has 0 bridgehead atoms.